The van der Waals surface area contributed by atoms with E-state index in [4.69, 9.17) is 145 Å². The van der Waals surface area contributed by atoms with E-state index >= 15 is 0 Å². The van der Waals surface area contributed by atoms with E-state index in [0.29, 0.717) is 6.20 Å². The average Bonchev–Trinajstić information content (AvgIpc) is 0.644. The van der Waals surface area contributed by atoms with Crippen molar-refractivity contribution in [2.45, 2.75) is 321 Å². The molecule has 0 bridgehead atoms. The van der Waals surface area contributed by atoms with Crippen LogP contribution in [0.4, 0.5) is 35.6 Å². The molecular formula is C80H135N25O10. The summed E-state index contributed by atoms with van der Waals surface area (Å²) in [6, 6.07) is -12.5. The van der Waals surface area contributed by atoms with Crippen LogP contribution in [0.3, 0.4) is 0 Å². The number of H-pyrrole nitrogens is 4. The van der Waals surface area contributed by atoms with E-state index in [1.54, 1.807) is 5.32 Å². The van der Waals surface area contributed by atoms with Gasteiger partial charge in [-0.05, 0) is 228 Å². The number of primary amides is 5. The smallest absolute Gasteiger partial charge is 0.254 e. The summed E-state index contributed by atoms with van der Waals surface area (Å²) in [5.74, 6) is -27.2. The van der Waals surface area contributed by atoms with E-state index in [0.717, 1.165) is 0 Å². The summed E-state index contributed by atoms with van der Waals surface area (Å²) >= 11 is 0. The Kier molecular flexibility index (Phi) is 10.7. The van der Waals surface area contributed by atoms with Crippen LogP contribution >= 0.6 is 0 Å². The van der Waals surface area contributed by atoms with Crippen LogP contribution in [0.15, 0.2) is 50.9 Å². The Morgan fingerprint density at radius 2 is 0.800 bits per heavy atom. The third-order valence-corrected chi connectivity index (χ3v) is 14.2. The molecular weight excluding hydrogens is 1470 g/mol. The van der Waals surface area contributed by atoms with Gasteiger partial charge in [-0.2, -0.15) is 4.98 Å². The van der Waals surface area contributed by atoms with E-state index in [2.05, 4.69) is 70.1 Å². The van der Waals surface area contributed by atoms with Gasteiger partial charge in [-0.15, -0.1) is 0 Å². The Balaban J connectivity index is 0.000000376. The maximum atomic E-state index is 12.3. The maximum absolute atomic E-state index is 12.3. The number of aromatic amines is 4. The number of aliphatic hydroxyl groups is 5. The molecule has 0 aliphatic heterocycles. The Morgan fingerprint density at radius 3 is 1.16 bits per heavy atom. The number of hydrogen-bond donors (Lipinski definition) is 20. The van der Waals surface area contributed by atoms with Gasteiger partial charge in [-0.1, -0.05) is 34.3 Å². The highest BCUT2D eigenvalue weighted by Crippen LogP contribution is 2.32. The van der Waals surface area contributed by atoms with Crippen LogP contribution in [-0.2, 0) is 0 Å². The molecule has 0 saturated heterocycles. The van der Waals surface area contributed by atoms with Crippen molar-refractivity contribution >= 4 is 65.1 Å². The molecule has 5 amide bonds. The minimum absolute atomic E-state index is 0.454. The zero-order valence-corrected chi connectivity index (χ0v) is 59.1. The topological polar surface area (TPSA) is 579 Å². The number of carbonyl (C=O) groups is 5. The molecule has 35 nitrogen and oxygen atoms in total. The lowest BCUT2D eigenvalue weighted by Gasteiger charge is -2.32. The standard InChI is InChI=1S/5C16H27N5O2/c5*1-9-5-6-10(7-12(9)22)19-14-11(13(17)23)8-18-15(20-14)21-16(2,3)4/h5*8-10,12,22H,5-7H2,1-4H3,(H2,17,23)(H2,18,19,20,21)/i1D3,2D3,3D3,4D3,5D2,6D2,7D2,8D,9D,10D,12D;2*1D3,2D3,3D3,4D3,8D,9D,10D,12D;1D3,2D3,3D3,4D3,9D,10D,12D;1D3,2D3,3D3,4D3,5D2,8D,12D. The fraction of sp³-hybridized carbons (Fsp3) is 0.688. The summed E-state index contributed by atoms with van der Waals surface area (Å²) in [7, 11) is 0. The van der Waals surface area contributed by atoms with Crippen LogP contribution in [0, 0.1) is 29.5 Å². The van der Waals surface area contributed by atoms with Crippen molar-refractivity contribution < 1.29 is 166 Å². The molecule has 0 spiro atoms. The van der Waals surface area contributed by atoms with E-state index in [-0.39, 0.29) is 0 Å². The summed E-state index contributed by atoms with van der Waals surface area (Å²) in [5.41, 5.74) is 0.0245. The Labute approximate surface area is 795 Å². The number of aromatic nitrogens is 10. The minimum Gasteiger partial charge on any atom is -0.393 e. The van der Waals surface area contributed by atoms with Gasteiger partial charge in [0.2, 0.25) is 29.7 Å². The van der Waals surface area contributed by atoms with Gasteiger partial charge < -0.3 is 106 Å². The van der Waals surface area contributed by atoms with Crippen molar-refractivity contribution in [3.63, 3.8) is 0 Å². The number of carbonyl (C=O) groups excluding carboxylic acids is 5. The van der Waals surface area contributed by atoms with Gasteiger partial charge in [-0.3, -0.25) is 43.9 Å². The fourth-order valence-corrected chi connectivity index (χ4v) is 9.17. The molecule has 5 heterocycles. The number of hydrogen-bond acceptors (Lipinski definition) is 26. The van der Waals surface area contributed by atoms with Crippen LogP contribution in [0.2, 0.25) is 0 Å². The molecule has 35 heteroatoms. The predicted octanol–water partition coefficient (Wildman–Crippen LogP) is 6.42. The van der Waals surface area contributed by atoms with Crippen molar-refractivity contribution in [2.75, 3.05) is 31.9 Å². The first kappa shape index (κ1) is 30.2. The first-order chi connectivity index (χ1) is 87.2. The van der Waals surface area contributed by atoms with Crippen LogP contribution in [0.5, 0.6) is 0 Å². The molecule has 5 saturated carbocycles. The molecule has 15 atom stereocenters. The van der Waals surface area contributed by atoms with E-state index in [1.165, 1.54) is 0 Å². The molecule has 10 rings (SSSR count). The van der Waals surface area contributed by atoms with Gasteiger partial charge in [0, 0.05) is 163 Å². The molecule has 5 fully saturated rings. The number of anilines is 6. The largest absolute Gasteiger partial charge is 0.393 e. The summed E-state index contributed by atoms with van der Waals surface area (Å²) < 4.78 is 666. The van der Waals surface area contributed by atoms with Gasteiger partial charge in [0.15, 0.2) is 0 Å². The summed E-state index contributed by atoms with van der Waals surface area (Å²) in [4.78, 5) is 105. The van der Waals surface area contributed by atoms with Gasteiger partial charge in [0.05, 0.1) is 100 Å². The lowest BCUT2D eigenvalue weighted by Crippen LogP contribution is -2.36. The second kappa shape index (κ2) is 40.9. The minimum atomic E-state index is -4.55. The highest BCUT2D eigenvalue weighted by atomic mass is 16.3. The van der Waals surface area contributed by atoms with Crippen LogP contribution in [0.1, 0.15) is 401 Å². The summed E-state index contributed by atoms with van der Waals surface area (Å²) in [6.45, 7) is -72.8. The number of amides is 5. The highest BCUT2D eigenvalue weighted by Gasteiger charge is 2.32. The molecule has 0 radical (unpaired) electrons. The van der Waals surface area contributed by atoms with Gasteiger partial charge in [0.1, 0.15) is 27.8 Å². The predicted molar refractivity (Wildman–Crippen MR) is 446 cm³/mol. The Hall–Kier alpha value is -9.45. The second-order valence-electron chi connectivity index (χ2n) is 24.1. The first-order valence-electron chi connectivity index (χ1n) is 74.5. The molecule has 5 aromatic heterocycles. The molecule has 640 valence electrons. The third kappa shape index (κ3) is 31.9. The Bertz CT molecular complexity index is 7760. The van der Waals surface area contributed by atoms with Crippen LogP contribution in [0.25, 0.3) is 0 Å². The van der Waals surface area contributed by atoms with Crippen molar-refractivity contribution in [3.05, 3.63) is 80.7 Å². The molecule has 5 aliphatic rings. The number of nitrogens with two attached hydrogens (primary N) is 5. The fourth-order valence-electron chi connectivity index (χ4n) is 9.17. The van der Waals surface area contributed by atoms with Gasteiger partial charge in [0.25, 0.3) is 29.5 Å². The quantitative estimate of drug-likeness (QED) is 0.0506. The molecule has 5 aromatic rings. The normalized spacial score (nSPS) is 49.0. The Morgan fingerprint density at radius 1 is 0.426 bits per heavy atom. The number of rotatable bonds is 16. The molecule has 5 aliphatic carbocycles. The summed E-state index contributed by atoms with van der Waals surface area (Å²) in [5, 5.41) is 64.3. The molecule has 15 unspecified atom stereocenters. The highest BCUT2D eigenvalue weighted by molar-refractivity contribution is 5.97. The van der Waals surface area contributed by atoms with Crippen molar-refractivity contribution in [1.29, 1.82) is 0 Å². The van der Waals surface area contributed by atoms with E-state index in [9.17, 15) is 49.5 Å². The van der Waals surface area contributed by atoms with E-state index < -0.39 is 490 Å². The lowest BCUT2D eigenvalue weighted by atomic mass is 9.85. The lowest BCUT2D eigenvalue weighted by molar-refractivity contribution is 0.0702. The van der Waals surface area contributed by atoms with Crippen molar-refractivity contribution in [3.8, 4) is 0 Å². The molecule has 25 N–H and O–H groups in total. The molecule has 115 heavy (non-hydrogen) atoms. The second-order valence-corrected chi connectivity index (χ2v) is 24.1. The summed E-state index contributed by atoms with van der Waals surface area (Å²) in [6.07, 6.45) is -44.3. The van der Waals surface area contributed by atoms with Gasteiger partial charge in [-0.25, -0.2) is 24.9 Å². The third-order valence-electron chi connectivity index (χ3n) is 14.2. The zero-order valence-electron chi connectivity index (χ0n) is 144. The van der Waals surface area contributed by atoms with Crippen molar-refractivity contribution in [2.24, 2.45) is 78.1 Å². The molecule has 0 aromatic carbocycles. The monoisotopic (exact) mass is 1690 g/mol. The maximum Gasteiger partial charge on any atom is 0.254 e. The van der Waals surface area contributed by atoms with Crippen molar-refractivity contribution in [1.82, 2.24) is 49.8 Å². The zero-order chi connectivity index (χ0) is 159. The van der Waals surface area contributed by atoms with Gasteiger partial charge >= 0.3 is 0 Å². The number of nitrogens with one attached hydrogen (secondary N) is 10. The number of nitrogens with zero attached hydrogens (tertiary/aromatic N) is 10. The van der Waals surface area contributed by atoms with Crippen LogP contribution in [-0.4, -0.2) is 193 Å². The SMILES string of the molecule is [2H]C1(Nc2nc(NC(C([2H])([2H])[2H])(C([2H])([2H])[2H])C([2H])([2H])[2H])ncc2C(N)=O)CCC([2H])(C([2H])([2H])[2H])C([2H])(O)C1.[2H]c1nc(NC(C([2H])([2H])[2H])(C([2H])([2H])[2H])C([2H])([2H])[2H])[nH]c(=NC2([2H])C([2H])([2H])C([2H])([2H])C([2H])(C([2H])([2H])[2H])C([2H])(O)C2([2H])[2H])c1C(N)=O.[2H]c1nc(NC(C([2H])([2H])[2H])(C([2H])([2H])[2H])C([2H])([2H])[2H])[nH]c(=NC2([2H])CCC([2H])(C([2H])([2H])[2H])C([2H])(O)C2)c1C(N)=O.[2H]c1nc(NC(C([2H])([2H])[2H])(C([2H])([2H])[2H])C([2H])([2H])[2H])[nH]c(=NC2([2H])CCC([2H])(C([2H])([2H])[2H])C([2H])(O)C2)c1C(N)=O.[2H]c1nc(NC(C([2H])([2H])[2H])(C([2H])([2H])[2H])C([2H])([2H])[2H])[nH]c(=NC2CC([2H])([2H])C(C([2H])([2H])[2H])C([2H])(O)C2)c1C(N)=O. The average molecular weight is 1690 g/mol. The van der Waals surface area contributed by atoms with E-state index in [1.807, 2.05) is 26.3 Å². The first-order valence-corrected chi connectivity index (χ1v) is 32.0. The van der Waals surface area contributed by atoms with Crippen LogP contribution < -0.4 is 82.5 Å².